The van der Waals surface area contributed by atoms with Gasteiger partial charge in [0.1, 0.15) is 17.3 Å². The van der Waals surface area contributed by atoms with Crippen molar-refractivity contribution in [3.63, 3.8) is 0 Å². The summed E-state index contributed by atoms with van der Waals surface area (Å²) in [4.78, 5) is 29.2. The fraction of sp³-hybridized carbons (Fsp3) is 0.300. The van der Waals surface area contributed by atoms with Crippen molar-refractivity contribution in [2.75, 3.05) is 11.1 Å². The molecule has 0 fully saturated rings. The van der Waals surface area contributed by atoms with Gasteiger partial charge in [0, 0.05) is 26.5 Å². The maximum atomic E-state index is 11.6. The van der Waals surface area contributed by atoms with Crippen LogP contribution in [-0.2, 0) is 20.6 Å². The lowest BCUT2D eigenvalue weighted by atomic mass is 10.4. The highest BCUT2D eigenvalue weighted by Crippen LogP contribution is 2.09. The molecule has 0 aromatic carbocycles. The van der Waals surface area contributed by atoms with Crippen LogP contribution in [0.25, 0.3) is 0 Å². The van der Waals surface area contributed by atoms with Gasteiger partial charge in [-0.05, 0) is 0 Å². The number of anilines is 2. The first-order chi connectivity index (χ1) is 8.50. The first kappa shape index (κ1) is 12.0. The topological polar surface area (TPSA) is 111 Å². The van der Waals surface area contributed by atoms with Gasteiger partial charge in [-0.1, -0.05) is 0 Å². The fourth-order valence-electron chi connectivity index (χ4n) is 1.54. The summed E-state index contributed by atoms with van der Waals surface area (Å²) in [6, 6.07) is 0. The lowest BCUT2D eigenvalue weighted by Crippen LogP contribution is -2.32. The third-order valence-electron chi connectivity index (χ3n) is 2.71. The summed E-state index contributed by atoms with van der Waals surface area (Å²) < 4.78 is 2.99. The van der Waals surface area contributed by atoms with Gasteiger partial charge in [0.25, 0.3) is 5.56 Å². The highest BCUT2D eigenvalue weighted by Gasteiger charge is 2.10. The van der Waals surface area contributed by atoms with Gasteiger partial charge in [-0.2, -0.15) is 0 Å². The van der Waals surface area contributed by atoms with Gasteiger partial charge < -0.3 is 15.6 Å². The molecule has 0 radical (unpaired) electrons. The average Bonchev–Trinajstić information content (AvgIpc) is 2.72. The van der Waals surface area contributed by atoms with Crippen LogP contribution in [0, 0.1) is 0 Å². The Bertz CT molecular complexity index is 680. The van der Waals surface area contributed by atoms with Crippen LogP contribution in [0.5, 0.6) is 0 Å². The minimum atomic E-state index is -0.542. The second kappa shape index (κ2) is 4.40. The van der Waals surface area contributed by atoms with Crippen molar-refractivity contribution in [1.82, 2.24) is 19.1 Å². The van der Waals surface area contributed by atoms with Crippen LogP contribution < -0.4 is 22.3 Å². The minimum absolute atomic E-state index is 0.0953. The van der Waals surface area contributed by atoms with Crippen LogP contribution in [-0.4, -0.2) is 19.1 Å². The number of aryl methyl sites for hydroxylation is 1. The molecule has 8 heteroatoms. The number of nitrogens with zero attached hydrogens (tertiary/aromatic N) is 3. The van der Waals surface area contributed by atoms with E-state index in [0.29, 0.717) is 6.54 Å². The van der Waals surface area contributed by atoms with E-state index in [1.165, 1.54) is 11.6 Å². The molecule has 0 saturated heterocycles. The maximum Gasteiger partial charge on any atom is 0.329 e. The van der Waals surface area contributed by atoms with E-state index in [9.17, 15) is 9.59 Å². The van der Waals surface area contributed by atoms with Crippen LogP contribution in [0.3, 0.4) is 0 Å². The smallest absolute Gasteiger partial charge is 0.329 e. The van der Waals surface area contributed by atoms with E-state index >= 15 is 0 Å². The molecule has 0 bridgehead atoms. The molecule has 0 saturated carbocycles. The highest BCUT2D eigenvalue weighted by molar-refractivity contribution is 5.60. The van der Waals surface area contributed by atoms with E-state index in [1.807, 2.05) is 11.6 Å². The molecule has 2 aromatic heterocycles. The van der Waals surface area contributed by atoms with Crippen LogP contribution in [0.15, 0.2) is 22.0 Å². The standard InChI is InChI=1S/C10H14N6O2/c1-15-4-3-12-6(15)5-13-7-8(11)16(2)10(18)14-9(7)17/h3-4,13H,5,11H2,1-2H3,(H,14,17,18). The van der Waals surface area contributed by atoms with Crippen LogP contribution in [0.4, 0.5) is 11.5 Å². The summed E-state index contributed by atoms with van der Waals surface area (Å²) in [6.07, 6.45) is 3.46. The number of aromatic nitrogens is 4. The number of rotatable bonds is 3. The summed E-state index contributed by atoms with van der Waals surface area (Å²) in [6.45, 7) is 0.342. The van der Waals surface area contributed by atoms with Gasteiger partial charge in [-0.3, -0.25) is 14.3 Å². The Kier molecular flexibility index (Phi) is 2.92. The Hall–Kier alpha value is -2.51. The van der Waals surface area contributed by atoms with Crippen molar-refractivity contribution in [3.05, 3.63) is 39.1 Å². The molecule has 0 spiro atoms. The largest absolute Gasteiger partial charge is 0.383 e. The molecule has 0 unspecified atom stereocenters. The number of aromatic amines is 1. The monoisotopic (exact) mass is 250 g/mol. The quantitative estimate of drug-likeness (QED) is 0.647. The number of hydrogen-bond donors (Lipinski definition) is 3. The molecule has 2 heterocycles. The normalized spacial score (nSPS) is 10.6. The Labute approximate surface area is 102 Å². The molecule has 0 amide bonds. The molecule has 8 nitrogen and oxygen atoms in total. The van der Waals surface area contributed by atoms with Crippen molar-refractivity contribution in [1.29, 1.82) is 0 Å². The predicted molar refractivity (Wildman–Crippen MR) is 67.3 cm³/mol. The number of imidazole rings is 1. The number of H-pyrrole nitrogens is 1. The van der Waals surface area contributed by atoms with Crippen molar-refractivity contribution < 1.29 is 0 Å². The first-order valence-electron chi connectivity index (χ1n) is 5.29. The second-order valence-electron chi connectivity index (χ2n) is 3.89. The third-order valence-corrected chi connectivity index (χ3v) is 2.71. The van der Waals surface area contributed by atoms with E-state index in [1.54, 1.807) is 12.4 Å². The average molecular weight is 250 g/mol. The summed E-state index contributed by atoms with van der Waals surface area (Å²) in [5.41, 5.74) is 4.80. The number of nitrogens with two attached hydrogens (primary N) is 1. The Morgan fingerprint density at radius 1 is 1.44 bits per heavy atom. The minimum Gasteiger partial charge on any atom is -0.383 e. The van der Waals surface area contributed by atoms with Crippen molar-refractivity contribution in [2.24, 2.45) is 14.1 Å². The molecule has 0 atom stereocenters. The molecular formula is C10H14N6O2. The molecule has 0 aliphatic heterocycles. The lowest BCUT2D eigenvalue weighted by molar-refractivity contribution is 0.795. The zero-order chi connectivity index (χ0) is 13.3. The maximum absolute atomic E-state index is 11.6. The van der Waals surface area contributed by atoms with E-state index < -0.39 is 11.2 Å². The van der Waals surface area contributed by atoms with E-state index in [0.717, 1.165) is 5.82 Å². The molecule has 0 aliphatic rings. The van der Waals surface area contributed by atoms with Gasteiger partial charge in [0.15, 0.2) is 0 Å². The Balaban J connectivity index is 2.31. The summed E-state index contributed by atoms with van der Waals surface area (Å²) >= 11 is 0. The van der Waals surface area contributed by atoms with Crippen molar-refractivity contribution >= 4 is 11.5 Å². The Morgan fingerprint density at radius 2 is 2.17 bits per heavy atom. The fourth-order valence-corrected chi connectivity index (χ4v) is 1.54. The highest BCUT2D eigenvalue weighted by atomic mass is 16.2. The molecule has 0 aliphatic carbocycles. The lowest BCUT2D eigenvalue weighted by Gasteiger charge is -2.10. The zero-order valence-corrected chi connectivity index (χ0v) is 10.1. The number of nitrogen functional groups attached to an aromatic ring is 1. The van der Waals surface area contributed by atoms with Crippen molar-refractivity contribution in [3.8, 4) is 0 Å². The second-order valence-corrected chi connectivity index (χ2v) is 3.89. The molecule has 18 heavy (non-hydrogen) atoms. The van der Waals surface area contributed by atoms with E-state index in [4.69, 9.17) is 5.73 Å². The van der Waals surface area contributed by atoms with E-state index in [2.05, 4.69) is 15.3 Å². The SMILES string of the molecule is Cn1ccnc1CNc1c(N)n(C)c(=O)[nH]c1=O. The third kappa shape index (κ3) is 1.99. The van der Waals surface area contributed by atoms with Crippen LogP contribution in [0.2, 0.25) is 0 Å². The van der Waals surface area contributed by atoms with Gasteiger partial charge in [-0.15, -0.1) is 0 Å². The molecule has 2 aromatic rings. The van der Waals surface area contributed by atoms with Crippen LogP contribution in [0.1, 0.15) is 5.82 Å². The molecule has 2 rings (SSSR count). The summed E-state index contributed by atoms with van der Waals surface area (Å²) in [5, 5.41) is 2.88. The van der Waals surface area contributed by atoms with Crippen molar-refractivity contribution in [2.45, 2.75) is 6.54 Å². The molecule has 4 N–H and O–H groups in total. The predicted octanol–water partition coefficient (Wildman–Crippen LogP) is -0.999. The Morgan fingerprint density at radius 3 is 2.78 bits per heavy atom. The molecular weight excluding hydrogens is 236 g/mol. The first-order valence-corrected chi connectivity index (χ1v) is 5.29. The van der Waals surface area contributed by atoms with E-state index in [-0.39, 0.29) is 11.5 Å². The number of hydrogen-bond acceptors (Lipinski definition) is 5. The number of nitrogens with one attached hydrogen (secondary N) is 2. The van der Waals surface area contributed by atoms with Gasteiger partial charge in [0.05, 0.1) is 6.54 Å². The van der Waals surface area contributed by atoms with Crippen LogP contribution >= 0.6 is 0 Å². The summed E-state index contributed by atoms with van der Waals surface area (Å²) in [5.74, 6) is 0.848. The van der Waals surface area contributed by atoms with Gasteiger partial charge >= 0.3 is 5.69 Å². The summed E-state index contributed by atoms with van der Waals surface area (Å²) in [7, 11) is 3.33. The molecule has 96 valence electrons. The zero-order valence-electron chi connectivity index (χ0n) is 10.1. The van der Waals surface area contributed by atoms with Gasteiger partial charge in [-0.25, -0.2) is 9.78 Å². The van der Waals surface area contributed by atoms with Gasteiger partial charge in [0.2, 0.25) is 0 Å².